The van der Waals surface area contributed by atoms with E-state index in [4.69, 9.17) is 0 Å². The van der Waals surface area contributed by atoms with Crippen LogP contribution in [0.15, 0.2) is 30.3 Å². The number of carbonyl (C=O) groups is 1. The van der Waals surface area contributed by atoms with Crippen LogP contribution in [0.25, 0.3) is 0 Å². The van der Waals surface area contributed by atoms with Gasteiger partial charge >= 0.3 is 0 Å². The summed E-state index contributed by atoms with van der Waals surface area (Å²) in [6.07, 6.45) is 7.99. The molecular weight excluding hydrogens is 336 g/mol. The average molecular weight is 367 g/mol. The molecule has 4 rings (SSSR count). The summed E-state index contributed by atoms with van der Waals surface area (Å²) in [4.78, 5) is 15.4. The molecule has 1 atom stereocenters. The predicted octanol–water partition coefficient (Wildman–Crippen LogP) is 2.74. The van der Waals surface area contributed by atoms with Gasteiger partial charge in [0, 0.05) is 30.9 Å². The minimum atomic E-state index is -0.0259. The molecule has 27 heavy (non-hydrogen) atoms. The second-order valence-corrected chi connectivity index (χ2v) is 7.88. The monoisotopic (exact) mass is 366 g/mol. The normalized spacial score (nSPS) is 20.3. The number of nitrogens with one attached hydrogen (secondary N) is 1. The molecule has 1 aromatic heterocycles. The third kappa shape index (κ3) is 4.08. The maximum atomic E-state index is 12.8. The standard InChI is InChI=1S/C22H30N4O/c1-25-20-11-10-18(26-14-6-3-7-15-26)16-19(20)21(24-25)22(27)23-13-12-17-8-4-2-5-9-17/h2,4-5,8-9,18H,3,6-7,10-16H2,1H3,(H,23,27)/t18-/m0/s1. The lowest BCUT2D eigenvalue weighted by atomic mass is 9.89. The van der Waals surface area contributed by atoms with Gasteiger partial charge in [0.1, 0.15) is 0 Å². The Morgan fingerprint density at radius 1 is 1.19 bits per heavy atom. The fourth-order valence-electron chi connectivity index (χ4n) is 4.60. The molecule has 0 radical (unpaired) electrons. The molecule has 1 saturated heterocycles. The van der Waals surface area contributed by atoms with Crippen LogP contribution in [0.1, 0.15) is 53.0 Å². The van der Waals surface area contributed by atoms with E-state index in [1.165, 1.54) is 55.6 Å². The van der Waals surface area contributed by atoms with Crippen LogP contribution >= 0.6 is 0 Å². The fourth-order valence-corrected chi connectivity index (χ4v) is 4.60. The minimum absolute atomic E-state index is 0.0259. The molecule has 1 aromatic carbocycles. The van der Waals surface area contributed by atoms with Crippen molar-refractivity contribution < 1.29 is 4.79 Å². The van der Waals surface area contributed by atoms with Crippen LogP contribution < -0.4 is 5.32 Å². The first kappa shape index (κ1) is 18.2. The average Bonchev–Trinajstić information content (AvgIpc) is 3.05. The van der Waals surface area contributed by atoms with Gasteiger partial charge in [-0.25, -0.2) is 0 Å². The largest absolute Gasteiger partial charge is 0.350 e. The van der Waals surface area contributed by atoms with Crippen molar-refractivity contribution in [3.8, 4) is 0 Å². The molecule has 1 fully saturated rings. The van der Waals surface area contributed by atoms with Gasteiger partial charge in [-0.1, -0.05) is 36.8 Å². The summed E-state index contributed by atoms with van der Waals surface area (Å²) >= 11 is 0. The molecule has 0 bridgehead atoms. The molecule has 0 saturated carbocycles. The molecule has 2 heterocycles. The summed E-state index contributed by atoms with van der Waals surface area (Å²) in [5.41, 5.74) is 4.31. The van der Waals surface area contributed by atoms with Crippen molar-refractivity contribution in [2.24, 2.45) is 7.05 Å². The predicted molar refractivity (Wildman–Crippen MR) is 107 cm³/mol. The molecule has 1 N–H and O–H groups in total. The first-order chi connectivity index (χ1) is 13.2. The van der Waals surface area contributed by atoms with Gasteiger partial charge in [0.25, 0.3) is 5.91 Å². The third-order valence-electron chi connectivity index (χ3n) is 6.09. The first-order valence-corrected chi connectivity index (χ1v) is 10.3. The van der Waals surface area contributed by atoms with Crippen LogP contribution in [0.4, 0.5) is 0 Å². The zero-order chi connectivity index (χ0) is 18.6. The second kappa shape index (κ2) is 8.26. The molecule has 5 heteroatoms. The fraction of sp³-hybridized carbons (Fsp3) is 0.545. The first-order valence-electron chi connectivity index (χ1n) is 10.3. The van der Waals surface area contributed by atoms with E-state index in [0.717, 1.165) is 19.3 Å². The summed E-state index contributed by atoms with van der Waals surface area (Å²) < 4.78 is 1.92. The Labute approximate surface area is 161 Å². The molecule has 1 aliphatic heterocycles. The maximum Gasteiger partial charge on any atom is 0.272 e. The number of piperidine rings is 1. The van der Waals surface area contributed by atoms with E-state index in [1.807, 2.05) is 29.9 Å². The Hall–Kier alpha value is -2.14. The van der Waals surface area contributed by atoms with Crippen molar-refractivity contribution in [3.05, 3.63) is 52.8 Å². The Morgan fingerprint density at radius 3 is 2.74 bits per heavy atom. The van der Waals surface area contributed by atoms with Gasteiger partial charge in [-0.3, -0.25) is 9.48 Å². The summed E-state index contributed by atoms with van der Waals surface area (Å²) in [7, 11) is 1.97. The lowest BCUT2D eigenvalue weighted by molar-refractivity contribution is 0.0946. The minimum Gasteiger partial charge on any atom is -0.350 e. The number of fused-ring (bicyclic) bond motifs is 1. The molecule has 2 aromatic rings. The van der Waals surface area contributed by atoms with Crippen LogP contribution in [-0.4, -0.2) is 46.3 Å². The van der Waals surface area contributed by atoms with Gasteiger partial charge in [-0.05, 0) is 57.2 Å². The van der Waals surface area contributed by atoms with Gasteiger partial charge in [0.15, 0.2) is 5.69 Å². The number of hydrogen-bond acceptors (Lipinski definition) is 3. The van der Waals surface area contributed by atoms with E-state index in [-0.39, 0.29) is 5.91 Å². The number of hydrogen-bond donors (Lipinski definition) is 1. The molecule has 5 nitrogen and oxygen atoms in total. The Morgan fingerprint density at radius 2 is 1.96 bits per heavy atom. The topological polar surface area (TPSA) is 50.2 Å². The van der Waals surface area contributed by atoms with Crippen molar-refractivity contribution in [1.29, 1.82) is 0 Å². The van der Waals surface area contributed by atoms with E-state index >= 15 is 0 Å². The lowest BCUT2D eigenvalue weighted by Crippen LogP contribution is -2.42. The Bertz CT molecular complexity index is 777. The van der Waals surface area contributed by atoms with E-state index in [2.05, 4.69) is 27.4 Å². The number of aryl methyl sites for hydroxylation is 1. The molecule has 144 valence electrons. The highest BCUT2D eigenvalue weighted by Gasteiger charge is 2.31. The summed E-state index contributed by atoms with van der Waals surface area (Å²) in [6.45, 7) is 3.06. The highest BCUT2D eigenvalue weighted by molar-refractivity contribution is 5.94. The molecule has 2 aliphatic rings. The number of nitrogens with zero attached hydrogens (tertiary/aromatic N) is 3. The molecule has 1 aliphatic carbocycles. The van der Waals surface area contributed by atoms with Gasteiger partial charge in [-0.2, -0.15) is 5.10 Å². The van der Waals surface area contributed by atoms with E-state index < -0.39 is 0 Å². The SMILES string of the molecule is Cn1nc(C(=O)NCCc2ccccc2)c2c1CC[C@H](N1CCCCC1)C2. The van der Waals surface area contributed by atoms with Crippen LogP contribution in [0, 0.1) is 0 Å². The Kier molecular flexibility index (Phi) is 5.58. The van der Waals surface area contributed by atoms with Gasteiger partial charge in [-0.15, -0.1) is 0 Å². The lowest BCUT2D eigenvalue weighted by Gasteiger charge is -2.36. The van der Waals surface area contributed by atoms with Gasteiger partial charge in [0.05, 0.1) is 0 Å². The maximum absolute atomic E-state index is 12.8. The van der Waals surface area contributed by atoms with E-state index in [1.54, 1.807) is 0 Å². The highest BCUT2D eigenvalue weighted by Crippen LogP contribution is 2.28. The van der Waals surface area contributed by atoms with Crippen molar-refractivity contribution in [2.75, 3.05) is 19.6 Å². The van der Waals surface area contributed by atoms with Crippen LogP contribution in [0.3, 0.4) is 0 Å². The quantitative estimate of drug-likeness (QED) is 0.885. The highest BCUT2D eigenvalue weighted by atomic mass is 16.1. The van der Waals surface area contributed by atoms with Crippen molar-refractivity contribution in [3.63, 3.8) is 0 Å². The molecule has 0 unspecified atom stereocenters. The summed E-state index contributed by atoms with van der Waals surface area (Å²) in [6, 6.07) is 10.8. The molecule has 0 spiro atoms. The van der Waals surface area contributed by atoms with Crippen molar-refractivity contribution in [2.45, 2.75) is 51.0 Å². The van der Waals surface area contributed by atoms with Crippen LogP contribution in [-0.2, 0) is 26.3 Å². The number of rotatable bonds is 5. The Balaban J connectivity index is 1.42. The third-order valence-corrected chi connectivity index (χ3v) is 6.09. The number of amides is 1. The zero-order valence-corrected chi connectivity index (χ0v) is 16.3. The van der Waals surface area contributed by atoms with E-state index in [9.17, 15) is 4.79 Å². The van der Waals surface area contributed by atoms with E-state index in [0.29, 0.717) is 18.3 Å². The van der Waals surface area contributed by atoms with Crippen LogP contribution in [0.2, 0.25) is 0 Å². The van der Waals surface area contributed by atoms with Gasteiger partial charge < -0.3 is 10.2 Å². The number of carbonyl (C=O) groups excluding carboxylic acids is 1. The number of benzene rings is 1. The van der Waals surface area contributed by atoms with Crippen molar-refractivity contribution >= 4 is 5.91 Å². The van der Waals surface area contributed by atoms with Crippen molar-refractivity contribution in [1.82, 2.24) is 20.0 Å². The number of likely N-dealkylation sites (tertiary alicyclic amines) is 1. The number of aromatic nitrogens is 2. The summed E-state index contributed by atoms with van der Waals surface area (Å²) in [5, 5.41) is 7.66. The second-order valence-electron chi connectivity index (χ2n) is 7.88. The molecular formula is C22H30N4O. The van der Waals surface area contributed by atoms with Gasteiger partial charge in [0.2, 0.25) is 0 Å². The molecule has 1 amide bonds. The summed E-state index contributed by atoms with van der Waals surface area (Å²) in [5.74, 6) is -0.0259. The smallest absolute Gasteiger partial charge is 0.272 e. The van der Waals surface area contributed by atoms with Crippen LogP contribution in [0.5, 0.6) is 0 Å². The zero-order valence-electron chi connectivity index (χ0n) is 16.3.